The van der Waals surface area contributed by atoms with Gasteiger partial charge in [0.15, 0.2) is 12.8 Å². The summed E-state index contributed by atoms with van der Waals surface area (Å²) >= 11 is 6.35. The molecule has 0 N–H and O–H groups in total. The van der Waals surface area contributed by atoms with Crippen molar-refractivity contribution in [2.75, 3.05) is 19.7 Å². The van der Waals surface area contributed by atoms with E-state index in [9.17, 15) is 23.2 Å². The third-order valence-electron chi connectivity index (χ3n) is 9.20. The van der Waals surface area contributed by atoms with Crippen LogP contribution in [0.4, 0.5) is 18.0 Å². The van der Waals surface area contributed by atoms with Gasteiger partial charge in [0.25, 0.3) is 5.69 Å². The predicted molar refractivity (Wildman–Crippen MR) is 168 cm³/mol. The van der Waals surface area contributed by atoms with Gasteiger partial charge in [-0.25, -0.2) is 4.79 Å². The fraction of sp³-hybridized carbons (Fsp3) is 0.286. The number of nitrogens with zero attached hydrogens (tertiary/aromatic N) is 6. The summed E-state index contributed by atoms with van der Waals surface area (Å²) in [6.45, 7) is -1.04. The van der Waals surface area contributed by atoms with Gasteiger partial charge in [0.05, 0.1) is 16.7 Å². The molecule has 1 saturated heterocycles. The number of carbonyl (C=O) groups is 1. The van der Waals surface area contributed by atoms with E-state index in [2.05, 4.69) is 50.6 Å². The average Bonchev–Trinajstić information content (AvgIpc) is 3.61. The molecule has 1 amide bonds. The number of piperidine rings is 1. The van der Waals surface area contributed by atoms with Gasteiger partial charge in [-0.1, -0.05) is 66.2 Å². The van der Waals surface area contributed by atoms with Crippen LogP contribution in [0.1, 0.15) is 53.5 Å². The lowest BCUT2D eigenvalue weighted by atomic mass is 9.83. The molecule has 5 aromatic rings. The molecule has 3 heterocycles. The highest BCUT2D eigenvalue weighted by molar-refractivity contribution is 6.31. The second-order valence-electron chi connectivity index (χ2n) is 12.1. The quantitative estimate of drug-likeness (QED) is 0.143. The lowest BCUT2D eigenvalue weighted by molar-refractivity contribution is -0.615. The van der Waals surface area contributed by atoms with Gasteiger partial charge in [0.1, 0.15) is 6.33 Å². The number of hydrogen-bond acceptors (Lipinski definition) is 6. The Balaban J connectivity index is 1.20. The fourth-order valence-electron chi connectivity index (χ4n) is 6.80. The maximum atomic E-state index is 14.0. The van der Waals surface area contributed by atoms with E-state index in [-0.39, 0.29) is 24.9 Å². The van der Waals surface area contributed by atoms with Crippen molar-refractivity contribution in [2.45, 2.75) is 42.7 Å². The van der Waals surface area contributed by atoms with Crippen molar-refractivity contribution in [1.82, 2.24) is 25.1 Å². The average molecular weight is 673 g/mol. The zero-order valence-electron chi connectivity index (χ0n) is 25.4. The van der Waals surface area contributed by atoms with E-state index in [1.165, 1.54) is 22.1 Å². The molecule has 2 aliphatic rings. The second kappa shape index (κ2) is 12.5. The standard InChI is InChI=1S/C35H28ClF3N6O3/c36-28-10-11-31(44-22-40-41-42-44)29(18-28)26-9-12-32(45(47)20-26)34(19-30(34)24-5-2-1-3-6-24)27-8-4-7-25(17-27)23-13-15-43(16-14-23)33(46)48-21-35(37,38)39/h1-8,10-11,17-18,20,22-23,30H,13-16,19,21H2/t30-,34?/m0/s1. The largest absolute Gasteiger partial charge is 0.618 e. The van der Waals surface area contributed by atoms with Crippen molar-refractivity contribution >= 4 is 17.7 Å². The predicted octanol–water partition coefficient (Wildman–Crippen LogP) is 6.57. The van der Waals surface area contributed by atoms with Crippen molar-refractivity contribution in [3.63, 3.8) is 0 Å². The van der Waals surface area contributed by atoms with Crippen LogP contribution in [0.5, 0.6) is 0 Å². The summed E-state index contributed by atoms with van der Waals surface area (Å²) in [6, 6.07) is 29.8. The van der Waals surface area contributed by atoms with Gasteiger partial charge in [-0.2, -0.15) is 22.6 Å². The maximum Gasteiger partial charge on any atom is 0.422 e. The molecule has 2 aromatic heterocycles. The van der Waals surface area contributed by atoms with Crippen LogP contribution in [0.2, 0.25) is 5.02 Å². The Bertz CT molecular complexity index is 1930. The van der Waals surface area contributed by atoms with Crippen LogP contribution in [0.15, 0.2) is 85.3 Å². The lowest BCUT2D eigenvalue weighted by Gasteiger charge is -2.32. The first-order valence-electron chi connectivity index (χ1n) is 15.4. The van der Waals surface area contributed by atoms with Gasteiger partial charge in [0, 0.05) is 35.7 Å². The van der Waals surface area contributed by atoms with Crippen molar-refractivity contribution in [2.24, 2.45) is 0 Å². The number of tetrazole rings is 1. The molecule has 7 rings (SSSR count). The number of rotatable bonds is 7. The van der Waals surface area contributed by atoms with Crippen LogP contribution in [0.3, 0.4) is 0 Å². The van der Waals surface area contributed by atoms with Gasteiger partial charge in [-0.3, -0.25) is 0 Å². The van der Waals surface area contributed by atoms with Crippen molar-refractivity contribution in [3.8, 4) is 16.8 Å². The Hall–Kier alpha value is -5.15. The molecule has 1 aliphatic carbocycles. The second-order valence-corrected chi connectivity index (χ2v) is 12.5. The minimum atomic E-state index is -4.57. The van der Waals surface area contributed by atoms with E-state index in [1.807, 2.05) is 36.4 Å². The Kier molecular flexibility index (Phi) is 8.17. The lowest BCUT2D eigenvalue weighted by Crippen LogP contribution is -2.39. The van der Waals surface area contributed by atoms with Crippen LogP contribution in [0.25, 0.3) is 16.8 Å². The molecule has 48 heavy (non-hydrogen) atoms. The minimum absolute atomic E-state index is 0.0119. The Morgan fingerprint density at radius 3 is 2.52 bits per heavy atom. The van der Waals surface area contributed by atoms with E-state index in [0.717, 1.165) is 21.4 Å². The molecule has 3 aromatic carbocycles. The van der Waals surface area contributed by atoms with E-state index in [1.54, 1.807) is 18.2 Å². The number of aromatic nitrogens is 5. The van der Waals surface area contributed by atoms with Crippen molar-refractivity contribution in [1.29, 1.82) is 0 Å². The number of benzene rings is 3. The van der Waals surface area contributed by atoms with Crippen LogP contribution >= 0.6 is 11.6 Å². The van der Waals surface area contributed by atoms with E-state index in [4.69, 9.17) is 11.6 Å². The first kappa shape index (κ1) is 31.4. The van der Waals surface area contributed by atoms with Crippen LogP contribution in [0, 0.1) is 17.3 Å². The minimum Gasteiger partial charge on any atom is -0.618 e. The van der Waals surface area contributed by atoms with Crippen molar-refractivity contribution in [3.05, 3.63) is 130 Å². The van der Waals surface area contributed by atoms with E-state index in [0.29, 0.717) is 46.8 Å². The molecule has 0 bridgehead atoms. The number of amides is 1. The molecule has 13 heteroatoms. The topological polar surface area (TPSA) is 100 Å². The highest BCUT2D eigenvalue weighted by Crippen LogP contribution is 2.63. The number of hydrogen-bond donors (Lipinski definition) is 0. The molecular formula is C35H28ClF3N6O3. The van der Waals surface area contributed by atoms with Gasteiger partial charge in [0.2, 0.25) is 0 Å². The molecular weight excluding hydrogens is 645 g/mol. The Labute approximate surface area is 279 Å². The highest BCUT2D eigenvalue weighted by atomic mass is 35.5. The molecule has 1 aliphatic heterocycles. The Morgan fingerprint density at radius 2 is 1.81 bits per heavy atom. The van der Waals surface area contributed by atoms with Gasteiger partial charge < -0.3 is 14.8 Å². The smallest absolute Gasteiger partial charge is 0.422 e. The summed E-state index contributed by atoms with van der Waals surface area (Å²) in [7, 11) is 0. The molecule has 9 nitrogen and oxygen atoms in total. The third-order valence-corrected chi connectivity index (χ3v) is 9.43. The number of carbonyl (C=O) groups excluding carboxylic acids is 1. The molecule has 0 radical (unpaired) electrons. The summed E-state index contributed by atoms with van der Waals surface area (Å²) < 4.78 is 44.4. The summed E-state index contributed by atoms with van der Waals surface area (Å²) in [5.74, 6) is 0.0882. The first-order chi connectivity index (χ1) is 23.1. The van der Waals surface area contributed by atoms with Crippen LogP contribution in [-0.2, 0) is 10.2 Å². The number of ether oxygens (including phenoxy) is 1. The van der Waals surface area contributed by atoms with Crippen LogP contribution < -0.4 is 4.73 Å². The zero-order chi connectivity index (χ0) is 33.5. The fourth-order valence-corrected chi connectivity index (χ4v) is 6.98. The molecule has 1 saturated carbocycles. The number of alkyl halides is 3. The summed E-state index contributed by atoms with van der Waals surface area (Å²) in [5, 5.41) is 25.9. The Morgan fingerprint density at radius 1 is 1.04 bits per heavy atom. The summed E-state index contributed by atoms with van der Waals surface area (Å²) in [5.41, 5.74) is 4.57. The monoisotopic (exact) mass is 672 g/mol. The molecule has 0 spiro atoms. The maximum absolute atomic E-state index is 14.0. The molecule has 2 fully saturated rings. The number of halogens is 4. The zero-order valence-corrected chi connectivity index (χ0v) is 26.2. The van der Waals surface area contributed by atoms with Crippen LogP contribution in [-0.4, -0.2) is 57.1 Å². The van der Waals surface area contributed by atoms with Gasteiger partial charge in [-0.05, 0) is 76.6 Å². The van der Waals surface area contributed by atoms with Crippen molar-refractivity contribution < 1.29 is 27.4 Å². The SMILES string of the molecule is O=C(OCC(F)(F)F)N1CCC(c2cccc(C3(c4c#cc(-c5cc(Cl)ccc5-n5cnnn5)c[n+]4[O-])C[C@H]3c3ccccc3)c2)CC1. The molecule has 2 atom stereocenters. The summed E-state index contributed by atoms with van der Waals surface area (Å²) in [4.78, 5) is 13.5. The number of likely N-dealkylation sites (tertiary alicyclic amines) is 1. The third kappa shape index (κ3) is 6.13. The van der Waals surface area contributed by atoms with E-state index < -0.39 is 24.3 Å². The molecule has 1 unspecified atom stereocenters. The molecule has 244 valence electrons. The van der Waals surface area contributed by atoms with E-state index >= 15 is 0 Å². The van der Waals surface area contributed by atoms with Gasteiger partial charge >= 0.3 is 12.3 Å². The highest BCUT2D eigenvalue weighted by Gasteiger charge is 2.62. The van der Waals surface area contributed by atoms with Gasteiger partial charge in [-0.15, -0.1) is 5.10 Å². The first-order valence-corrected chi connectivity index (χ1v) is 15.7. The summed E-state index contributed by atoms with van der Waals surface area (Å²) in [6.07, 6.45) is -0.779. The normalized spacial score (nSPS) is 19.5.